The molecule has 168 valence electrons. The summed E-state index contributed by atoms with van der Waals surface area (Å²) in [7, 11) is -6.59. The summed E-state index contributed by atoms with van der Waals surface area (Å²) in [5.74, 6) is -0.683. The molecule has 1 aliphatic rings. The van der Waals surface area contributed by atoms with Gasteiger partial charge in [0.1, 0.15) is 4.90 Å². The molecule has 0 aromatic heterocycles. The maximum Gasteiger partial charge on any atom is 0.337 e. The predicted molar refractivity (Wildman–Crippen MR) is 116 cm³/mol. The number of methoxy groups -OCH3 is 1. The van der Waals surface area contributed by atoms with Crippen LogP contribution < -0.4 is 0 Å². The van der Waals surface area contributed by atoms with Gasteiger partial charge in [-0.15, -0.1) is 0 Å². The molecule has 2 aromatic carbocycles. The van der Waals surface area contributed by atoms with Crippen LogP contribution in [0.1, 0.15) is 21.5 Å². The van der Waals surface area contributed by atoms with E-state index in [1.54, 1.807) is 19.1 Å². The topological polar surface area (TPSA) is 101 Å². The Morgan fingerprint density at radius 2 is 1.42 bits per heavy atom. The van der Waals surface area contributed by atoms with E-state index < -0.39 is 26.0 Å². The summed E-state index contributed by atoms with van der Waals surface area (Å²) in [6, 6.07) is 9.07. The first-order chi connectivity index (χ1) is 14.5. The Labute approximate surface area is 187 Å². The van der Waals surface area contributed by atoms with Crippen molar-refractivity contribution in [2.45, 2.75) is 23.6 Å². The fourth-order valence-corrected chi connectivity index (χ4v) is 7.01. The Balaban J connectivity index is 1.83. The molecule has 0 saturated carbocycles. The first kappa shape index (κ1) is 23.7. The number of rotatable bonds is 5. The van der Waals surface area contributed by atoms with Gasteiger partial charge in [0.05, 0.1) is 22.6 Å². The zero-order valence-corrected chi connectivity index (χ0v) is 19.7. The molecule has 1 fully saturated rings. The van der Waals surface area contributed by atoms with Crippen molar-refractivity contribution in [2.75, 3.05) is 33.3 Å². The molecule has 1 heterocycles. The van der Waals surface area contributed by atoms with Crippen LogP contribution in [0.4, 0.5) is 0 Å². The minimum absolute atomic E-state index is 0.00323. The Bertz CT molecular complexity index is 1220. The Morgan fingerprint density at radius 1 is 0.871 bits per heavy atom. The van der Waals surface area contributed by atoms with Gasteiger partial charge in [-0.3, -0.25) is 0 Å². The summed E-state index contributed by atoms with van der Waals surface area (Å²) in [6.07, 6.45) is 0. The summed E-state index contributed by atoms with van der Waals surface area (Å²) < 4.78 is 59.5. The van der Waals surface area contributed by atoms with Crippen LogP contribution in [-0.4, -0.2) is 64.7 Å². The number of hydrogen-bond donors (Lipinski definition) is 0. The van der Waals surface area contributed by atoms with Gasteiger partial charge in [-0.1, -0.05) is 23.7 Å². The summed E-state index contributed by atoms with van der Waals surface area (Å²) >= 11 is 6.10. The fourth-order valence-electron chi connectivity index (χ4n) is 3.36. The van der Waals surface area contributed by atoms with Gasteiger partial charge in [0.25, 0.3) is 0 Å². The SMILES string of the molecule is COC(=O)c1ccc(Cl)c(S(=O)(=O)N2CCN(S(=O)(=O)c3cc(C)ccc3C)CC2)c1. The number of carbonyl (C=O) groups is 1. The van der Waals surface area contributed by atoms with E-state index in [9.17, 15) is 21.6 Å². The van der Waals surface area contributed by atoms with E-state index in [0.717, 1.165) is 5.56 Å². The van der Waals surface area contributed by atoms with E-state index in [0.29, 0.717) is 5.56 Å². The zero-order chi connectivity index (χ0) is 23.0. The second kappa shape index (κ2) is 8.87. The highest BCUT2D eigenvalue weighted by molar-refractivity contribution is 7.89. The maximum atomic E-state index is 13.1. The van der Waals surface area contributed by atoms with Gasteiger partial charge in [0.15, 0.2) is 0 Å². The Hall–Kier alpha value is -1.98. The molecule has 0 N–H and O–H groups in total. The van der Waals surface area contributed by atoms with Crippen LogP contribution in [0.25, 0.3) is 0 Å². The fraction of sp³-hybridized carbons (Fsp3) is 0.350. The summed E-state index contributed by atoms with van der Waals surface area (Å²) in [6.45, 7) is 3.47. The van der Waals surface area contributed by atoms with E-state index in [1.807, 2.05) is 13.0 Å². The highest BCUT2D eigenvalue weighted by Gasteiger charge is 2.35. The normalized spacial score (nSPS) is 16.3. The lowest BCUT2D eigenvalue weighted by Crippen LogP contribution is -2.50. The Morgan fingerprint density at radius 3 is 1.97 bits per heavy atom. The van der Waals surface area contributed by atoms with Gasteiger partial charge in [0, 0.05) is 26.2 Å². The van der Waals surface area contributed by atoms with Gasteiger partial charge in [-0.2, -0.15) is 8.61 Å². The largest absolute Gasteiger partial charge is 0.465 e. The second-order valence-corrected chi connectivity index (χ2v) is 11.4. The number of aryl methyl sites for hydroxylation is 2. The van der Waals surface area contributed by atoms with E-state index in [-0.39, 0.29) is 46.6 Å². The molecule has 0 radical (unpaired) electrons. The molecule has 0 bridgehead atoms. The number of benzene rings is 2. The van der Waals surface area contributed by atoms with Gasteiger partial charge in [-0.25, -0.2) is 21.6 Å². The molecular formula is C20H23ClN2O6S2. The summed E-state index contributed by atoms with van der Waals surface area (Å²) in [5.41, 5.74) is 1.51. The molecule has 0 atom stereocenters. The molecular weight excluding hydrogens is 464 g/mol. The lowest BCUT2D eigenvalue weighted by Gasteiger charge is -2.33. The van der Waals surface area contributed by atoms with Crippen molar-refractivity contribution >= 4 is 37.6 Å². The molecule has 1 saturated heterocycles. The van der Waals surface area contributed by atoms with E-state index in [1.165, 1.54) is 33.9 Å². The molecule has 2 aromatic rings. The minimum Gasteiger partial charge on any atom is -0.465 e. The van der Waals surface area contributed by atoms with Crippen LogP contribution in [0.15, 0.2) is 46.2 Å². The van der Waals surface area contributed by atoms with Crippen LogP contribution in [-0.2, 0) is 24.8 Å². The van der Waals surface area contributed by atoms with Crippen LogP contribution in [0.3, 0.4) is 0 Å². The number of halogens is 1. The number of nitrogens with zero attached hydrogens (tertiary/aromatic N) is 2. The molecule has 3 rings (SSSR count). The molecule has 1 aliphatic heterocycles. The van der Waals surface area contributed by atoms with Crippen LogP contribution in [0.2, 0.25) is 5.02 Å². The van der Waals surface area contributed by atoms with Crippen molar-refractivity contribution in [3.05, 3.63) is 58.1 Å². The van der Waals surface area contributed by atoms with Crippen molar-refractivity contribution in [3.63, 3.8) is 0 Å². The van der Waals surface area contributed by atoms with E-state index >= 15 is 0 Å². The smallest absolute Gasteiger partial charge is 0.337 e. The molecule has 31 heavy (non-hydrogen) atoms. The lowest BCUT2D eigenvalue weighted by molar-refractivity contribution is 0.0600. The molecule has 8 nitrogen and oxygen atoms in total. The van der Waals surface area contributed by atoms with Crippen molar-refractivity contribution in [1.82, 2.24) is 8.61 Å². The van der Waals surface area contributed by atoms with Crippen LogP contribution in [0.5, 0.6) is 0 Å². The Kier molecular flexibility index (Phi) is 6.78. The molecule has 0 spiro atoms. The predicted octanol–water partition coefficient (Wildman–Crippen LogP) is 2.44. The van der Waals surface area contributed by atoms with Crippen molar-refractivity contribution in [1.29, 1.82) is 0 Å². The summed E-state index contributed by atoms with van der Waals surface area (Å²) in [4.78, 5) is 11.8. The molecule has 0 amide bonds. The quantitative estimate of drug-likeness (QED) is 0.601. The molecule has 11 heteroatoms. The number of carbonyl (C=O) groups excluding carboxylic acids is 1. The van der Waals surface area contributed by atoms with Crippen LogP contribution in [0, 0.1) is 13.8 Å². The average Bonchev–Trinajstić information content (AvgIpc) is 2.75. The van der Waals surface area contributed by atoms with Gasteiger partial charge < -0.3 is 4.74 Å². The third kappa shape index (κ3) is 4.63. The number of piperazine rings is 1. The number of sulfonamides is 2. The standard InChI is InChI=1S/C20H23ClN2O6S2/c1-14-4-5-15(2)18(12-14)30(25,26)22-8-10-23(11-9-22)31(27,28)19-13-16(20(24)29-3)6-7-17(19)21/h4-7,12-13H,8-11H2,1-3H3. The highest BCUT2D eigenvalue weighted by Crippen LogP contribution is 2.28. The third-order valence-corrected chi connectivity index (χ3v) is 9.55. The minimum atomic E-state index is -4.03. The highest BCUT2D eigenvalue weighted by atomic mass is 35.5. The van der Waals surface area contributed by atoms with Crippen molar-refractivity contribution < 1.29 is 26.4 Å². The first-order valence-corrected chi connectivity index (χ1v) is 12.7. The average molecular weight is 487 g/mol. The zero-order valence-electron chi connectivity index (χ0n) is 17.3. The number of hydrogen-bond acceptors (Lipinski definition) is 6. The number of esters is 1. The van der Waals surface area contributed by atoms with Crippen LogP contribution >= 0.6 is 11.6 Å². The molecule has 0 aliphatic carbocycles. The van der Waals surface area contributed by atoms with E-state index in [2.05, 4.69) is 4.74 Å². The monoisotopic (exact) mass is 486 g/mol. The molecule has 0 unspecified atom stereocenters. The van der Waals surface area contributed by atoms with Crippen molar-refractivity contribution in [3.8, 4) is 0 Å². The van der Waals surface area contributed by atoms with E-state index in [4.69, 9.17) is 11.6 Å². The number of ether oxygens (including phenoxy) is 1. The summed E-state index contributed by atoms with van der Waals surface area (Å²) in [5, 5.41) is -0.0295. The maximum absolute atomic E-state index is 13.1. The third-order valence-electron chi connectivity index (χ3n) is 5.13. The van der Waals surface area contributed by atoms with Gasteiger partial charge in [0.2, 0.25) is 20.0 Å². The van der Waals surface area contributed by atoms with Gasteiger partial charge in [-0.05, 0) is 49.2 Å². The lowest BCUT2D eigenvalue weighted by atomic mass is 10.2. The first-order valence-electron chi connectivity index (χ1n) is 9.44. The second-order valence-electron chi connectivity index (χ2n) is 7.21. The van der Waals surface area contributed by atoms with Gasteiger partial charge >= 0.3 is 5.97 Å². The van der Waals surface area contributed by atoms with Crippen molar-refractivity contribution in [2.24, 2.45) is 0 Å².